The lowest BCUT2D eigenvalue weighted by Gasteiger charge is -1.99. The Labute approximate surface area is 114 Å². The Balaban J connectivity index is 1.69. The number of nitrogens with zero attached hydrogens (tertiary/aromatic N) is 3. The number of fused-ring (bicyclic) bond motifs is 1. The Morgan fingerprint density at radius 3 is 3.05 bits per heavy atom. The van der Waals surface area contributed by atoms with Crippen molar-refractivity contribution in [2.75, 3.05) is 12.2 Å². The Morgan fingerprint density at radius 1 is 1.26 bits per heavy atom. The number of nitrogens with one attached hydrogen (secondary N) is 1. The van der Waals surface area contributed by atoms with Gasteiger partial charge in [-0.25, -0.2) is 4.98 Å². The highest BCUT2D eigenvalue weighted by atomic mass is 35.5. The summed E-state index contributed by atoms with van der Waals surface area (Å²) in [5.74, 6) is 1.93. The lowest BCUT2D eigenvalue weighted by atomic mass is 10.2. The molecule has 1 aliphatic heterocycles. The molecule has 1 aliphatic rings. The molecule has 0 saturated carbocycles. The van der Waals surface area contributed by atoms with Crippen LogP contribution in [-0.2, 0) is 0 Å². The van der Waals surface area contributed by atoms with E-state index in [0.29, 0.717) is 16.7 Å². The van der Waals surface area contributed by atoms with Crippen LogP contribution in [-0.4, -0.2) is 23.0 Å². The molecule has 1 aromatic carbocycles. The zero-order chi connectivity index (χ0) is 13.1. The van der Waals surface area contributed by atoms with Gasteiger partial charge in [-0.15, -0.1) is 0 Å². The van der Waals surface area contributed by atoms with Crippen molar-refractivity contribution >= 4 is 23.6 Å². The predicted octanol–water partition coefficient (Wildman–Crippen LogP) is 2.30. The Kier molecular flexibility index (Phi) is 3.16. The number of benzene rings is 1. The van der Waals surface area contributed by atoms with Crippen LogP contribution in [0.4, 0.5) is 5.82 Å². The molecule has 0 aliphatic carbocycles. The topological polar surface area (TPSA) is 68.6 Å². The molecule has 0 bridgehead atoms. The molecule has 0 saturated heterocycles. The van der Waals surface area contributed by atoms with Crippen molar-refractivity contribution in [1.29, 1.82) is 0 Å². The number of ether oxygens (including phenoxy) is 2. The van der Waals surface area contributed by atoms with Crippen LogP contribution in [0.5, 0.6) is 11.5 Å². The zero-order valence-electron chi connectivity index (χ0n) is 9.71. The fraction of sp³-hybridized carbons (Fsp3) is 0.0833. The summed E-state index contributed by atoms with van der Waals surface area (Å²) in [5, 5.41) is 4.35. The molecule has 6 nitrogen and oxygen atoms in total. The molecular formula is C12H9ClN4O2. The van der Waals surface area contributed by atoms with Crippen molar-refractivity contribution < 1.29 is 9.47 Å². The predicted molar refractivity (Wildman–Crippen MR) is 70.8 cm³/mol. The molecule has 0 fully saturated rings. The van der Waals surface area contributed by atoms with Gasteiger partial charge < -0.3 is 9.47 Å². The number of aromatic nitrogens is 2. The highest BCUT2D eigenvalue weighted by molar-refractivity contribution is 6.29. The molecule has 2 heterocycles. The number of hydrogen-bond donors (Lipinski definition) is 1. The molecule has 1 aromatic heterocycles. The van der Waals surface area contributed by atoms with Crippen LogP contribution in [0.2, 0.25) is 5.15 Å². The molecule has 96 valence electrons. The van der Waals surface area contributed by atoms with E-state index < -0.39 is 0 Å². The summed E-state index contributed by atoms with van der Waals surface area (Å²) >= 11 is 5.71. The van der Waals surface area contributed by atoms with Crippen LogP contribution in [0.25, 0.3) is 0 Å². The first-order valence-corrected chi connectivity index (χ1v) is 5.85. The monoisotopic (exact) mass is 276 g/mol. The molecule has 0 spiro atoms. The lowest BCUT2D eigenvalue weighted by molar-refractivity contribution is 0.174. The number of hydrogen-bond acceptors (Lipinski definition) is 6. The number of anilines is 1. The summed E-state index contributed by atoms with van der Waals surface area (Å²) in [5.41, 5.74) is 3.62. The van der Waals surface area contributed by atoms with Gasteiger partial charge in [-0.1, -0.05) is 11.6 Å². The van der Waals surface area contributed by atoms with Crippen molar-refractivity contribution in [2.45, 2.75) is 0 Å². The largest absolute Gasteiger partial charge is 0.454 e. The molecule has 19 heavy (non-hydrogen) atoms. The highest BCUT2D eigenvalue weighted by Gasteiger charge is 2.12. The average molecular weight is 277 g/mol. The Bertz CT molecular complexity index is 633. The van der Waals surface area contributed by atoms with Crippen LogP contribution < -0.4 is 14.9 Å². The van der Waals surface area contributed by atoms with E-state index in [1.807, 2.05) is 18.2 Å². The maximum Gasteiger partial charge on any atom is 0.231 e. The summed E-state index contributed by atoms with van der Waals surface area (Å²) in [7, 11) is 0. The van der Waals surface area contributed by atoms with E-state index in [1.165, 1.54) is 12.4 Å². The first-order chi connectivity index (χ1) is 9.31. The third-order valence-electron chi connectivity index (χ3n) is 2.39. The van der Waals surface area contributed by atoms with Gasteiger partial charge in [0.1, 0.15) is 5.15 Å². The summed E-state index contributed by atoms with van der Waals surface area (Å²) in [4.78, 5) is 7.89. The van der Waals surface area contributed by atoms with E-state index in [1.54, 1.807) is 6.21 Å². The van der Waals surface area contributed by atoms with Crippen molar-refractivity contribution in [1.82, 2.24) is 9.97 Å². The standard InChI is InChI=1S/C12H9ClN4O2/c13-11-5-14-6-12(16-11)17-15-4-8-1-2-9-10(3-8)19-7-18-9/h1-6H,7H2,(H,16,17)/b15-4+. The van der Waals surface area contributed by atoms with Crippen molar-refractivity contribution in [3.05, 3.63) is 41.3 Å². The van der Waals surface area contributed by atoms with Crippen LogP contribution >= 0.6 is 11.6 Å². The normalized spacial score (nSPS) is 12.9. The van der Waals surface area contributed by atoms with Gasteiger partial charge in [0.25, 0.3) is 0 Å². The second kappa shape index (κ2) is 5.11. The molecule has 3 rings (SSSR count). The Hall–Kier alpha value is -2.34. The second-order valence-electron chi connectivity index (χ2n) is 3.71. The minimum Gasteiger partial charge on any atom is -0.454 e. The molecule has 1 N–H and O–H groups in total. The third-order valence-corrected chi connectivity index (χ3v) is 2.58. The van der Waals surface area contributed by atoms with E-state index in [2.05, 4.69) is 20.5 Å². The van der Waals surface area contributed by atoms with Crippen molar-refractivity contribution in [3.8, 4) is 11.5 Å². The van der Waals surface area contributed by atoms with Crippen molar-refractivity contribution in [3.63, 3.8) is 0 Å². The van der Waals surface area contributed by atoms with Crippen LogP contribution in [0, 0.1) is 0 Å². The fourth-order valence-corrected chi connectivity index (χ4v) is 1.71. The van der Waals surface area contributed by atoms with Gasteiger partial charge in [0.15, 0.2) is 17.3 Å². The van der Waals surface area contributed by atoms with Gasteiger partial charge in [-0.3, -0.25) is 10.4 Å². The first-order valence-electron chi connectivity index (χ1n) is 5.47. The molecule has 0 unspecified atom stereocenters. The highest BCUT2D eigenvalue weighted by Crippen LogP contribution is 2.31. The minimum atomic E-state index is 0.256. The van der Waals surface area contributed by atoms with Gasteiger partial charge in [0, 0.05) is 0 Å². The SMILES string of the molecule is Clc1cncc(N/N=C/c2ccc3c(c2)OCO3)n1. The second-order valence-corrected chi connectivity index (χ2v) is 4.10. The van der Waals surface area contributed by atoms with E-state index >= 15 is 0 Å². The quantitative estimate of drug-likeness (QED) is 0.688. The third kappa shape index (κ3) is 2.74. The van der Waals surface area contributed by atoms with Gasteiger partial charge in [0.2, 0.25) is 6.79 Å². The maximum absolute atomic E-state index is 5.71. The fourth-order valence-electron chi connectivity index (χ4n) is 1.56. The Morgan fingerprint density at radius 2 is 2.16 bits per heavy atom. The van der Waals surface area contributed by atoms with Gasteiger partial charge >= 0.3 is 0 Å². The van der Waals surface area contributed by atoms with E-state index in [9.17, 15) is 0 Å². The minimum absolute atomic E-state index is 0.256. The lowest BCUT2D eigenvalue weighted by Crippen LogP contribution is -1.94. The number of hydrazone groups is 1. The van der Waals surface area contributed by atoms with Crippen LogP contribution in [0.1, 0.15) is 5.56 Å². The van der Waals surface area contributed by atoms with E-state index in [-0.39, 0.29) is 6.79 Å². The van der Waals surface area contributed by atoms with E-state index in [0.717, 1.165) is 11.3 Å². The van der Waals surface area contributed by atoms with Crippen LogP contribution in [0.15, 0.2) is 35.7 Å². The molecule has 2 aromatic rings. The first kappa shape index (κ1) is 11.7. The maximum atomic E-state index is 5.71. The molecule has 0 amide bonds. The zero-order valence-corrected chi connectivity index (χ0v) is 10.5. The average Bonchev–Trinajstić information content (AvgIpc) is 2.86. The summed E-state index contributed by atoms with van der Waals surface area (Å²) in [6.45, 7) is 0.256. The van der Waals surface area contributed by atoms with Gasteiger partial charge in [0.05, 0.1) is 18.6 Å². The summed E-state index contributed by atoms with van der Waals surface area (Å²) < 4.78 is 10.5. The summed E-state index contributed by atoms with van der Waals surface area (Å²) in [6, 6.07) is 5.56. The molecular weight excluding hydrogens is 268 g/mol. The summed E-state index contributed by atoms with van der Waals surface area (Å²) in [6.07, 6.45) is 4.63. The van der Waals surface area contributed by atoms with E-state index in [4.69, 9.17) is 21.1 Å². The van der Waals surface area contributed by atoms with Gasteiger partial charge in [-0.05, 0) is 23.8 Å². The van der Waals surface area contributed by atoms with Gasteiger partial charge in [-0.2, -0.15) is 5.10 Å². The van der Waals surface area contributed by atoms with Crippen molar-refractivity contribution in [2.24, 2.45) is 5.10 Å². The molecule has 0 radical (unpaired) electrons. The smallest absolute Gasteiger partial charge is 0.231 e. The number of halogens is 1. The molecule has 0 atom stereocenters. The van der Waals surface area contributed by atoms with Crippen LogP contribution in [0.3, 0.4) is 0 Å². The number of rotatable bonds is 3. The molecule has 7 heteroatoms.